The molecular formula is C17H24N2O3. The number of furan rings is 1. The fourth-order valence-corrected chi connectivity index (χ4v) is 4.21. The molecule has 0 aliphatic carbocycles. The van der Waals surface area contributed by atoms with E-state index in [0.29, 0.717) is 23.7 Å². The minimum absolute atomic E-state index is 0.0464. The van der Waals surface area contributed by atoms with Crippen molar-refractivity contribution in [2.75, 3.05) is 39.3 Å². The first-order valence-corrected chi connectivity index (χ1v) is 8.46. The van der Waals surface area contributed by atoms with Crippen molar-refractivity contribution in [3.8, 4) is 0 Å². The fraction of sp³-hybridized carbons (Fsp3) is 0.706. The predicted molar refractivity (Wildman–Crippen MR) is 81.6 cm³/mol. The van der Waals surface area contributed by atoms with Crippen molar-refractivity contribution in [1.82, 2.24) is 9.80 Å². The molecule has 0 bridgehead atoms. The van der Waals surface area contributed by atoms with Gasteiger partial charge < -0.3 is 19.0 Å². The number of fused-ring (bicyclic) bond motifs is 1. The quantitative estimate of drug-likeness (QED) is 0.855. The molecule has 1 aromatic heterocycles. The number of hydrogen-bond donors (Lipinski definition) is 0. The Balaban J connectivity index is 1.34. The average Bonchev–Trinajstić information content (AvgIpc) is 3.27. The molecule has 5 nitrogen and oxygen atoms in total. The lowest BCUT2D eigenvalue weighted by Crippen LogP contribution is -2.43. The molecule has 0 unspecified atom stereocenters. The highest BCUT2D eigenvalue weighted by Gasteiger charge is 2.40. The molecular weight excluding hydrogens is 280 g/mol. The van der Waals surface area contributed by atoms with Crippen LogP contribution in [0.1, 0.15) is 29.8 Å². The molecule has 0 saturated carbocycles. The number of amides is 1. The van der Waals surface area contributed by atoms with Crippen LogP contribution in [0.3, 0.4) is 0 Å². The van der Waals surface area contributed by atoms with Crippen molar-refractivity contribution in [2.45, 2.75) is 25.4 Å². The summed E-state index contributed by atoms with van der Waals surface area (Å²) in [6.07, 6.45) is 5.60. The predicted octanol–water partition coefficient (Wildman–Crippen LogP) is 1.85. The van der Waals surface area contributed by atoms with E-state index in [9.17, 15) is 4.79 Å². The third-order valence-corrected chi connectivity index (χ3v) is 5.39. The first-order valence-electron chi connectivity index (χ1n) is 8.46. The Morgan fingerprint density at radius 1 is 1.23 bits per heavy atom. The molecule has 0 aromatic carbocycles. The highest BCUT2D eigenvalue weighted by atomic mass is 16.5. The molecule has 22 heavy (non-hydrogen) atoms. The smallest absolute Gasteiger partial charge is 0.289 e. The standard InChI is InChI=1S/C17H24N2O3/c20-17(16-4-2-8-22-16)19-10-13-5-6-18(9-14(13)11-19)12-15-3-1-7-21-15/h2,4,8,13-15H,1,3,5-7,9-12H2/t13-,14+,15+/m0/s1. The molecule has 3 aliphatic heterocycles. The number of rotatable bonds is 3. The van der Waals surface area contributed by atoms with Gasteiger partial charge in [0, 0.05) is 32.8 Å². The second-order valence-electron chi connectivity index (χ2n) is 6.89. The van der Waals surface area contributed by atoms with Gasteiger partial charge in [0.05, 0.1) is 12.4 Å². The lowest BCUT2D eigenvalue weighted by atomic mass is 9.88. The normalized spacial score (nSPS) is 32.4. The van der Waals surface area contributed by atoms with Crippen molar-refractivity contribution in [2.24, 2.45) is 11.8 Å². The number of hydrogen-bond acceptors (Lipinski definition) is 4. The van der Waals surface area contributed by atoms with Crippen LogP contribution in [-0.2, 0) is 4.74 Å². The molecule has 0 N–H and O–H groups in total. The number of piperidine rings is 1. The Morgan fingerprint density at radius 2 is 2.14 bits per heavy atom. The van der Waals surface area contributed by atoms with Crippen LogP contribution < -0.4 is 0 Å². The Kier molecular flexibility index (Phi) is 3.92. The Labute approximate surface area is 131 Å². The minimum Gasteiger partial charge on any atom is -0.459 e. The Hall–Kier alpha value is -1.33. The van der Waals surface area contributed by atoms with Crippen LogP contribution in [0.25, 0.3) is 0 Å². The number of ether oxygens (including phenoxy) is 1. The van der Waals surface area contributed by atoms with Crippen LogP contribution in [-0.4, -0.2) is 61.1 Å². The summed E-state index contributed by atoms with van der Waals surface area (Å²) in [5.41, 5.74) is 0. The van der Waals surface area contributed by atoms with Gasteiger partial charge in [0.25, 0.3) is 5.91 Å². The Morgan fingerprint density at radius 3 is 2.91 bits per heavy atom. The summed E-state index contributed by atoms with van der Waals surface area (Å²) in [5.74, 6) is 1.77. The van der Waals surface area contributed by atoms with Gasteiger partial charge in [0.1, 0.15) is 0 Å². The number of nitrogens with zero attached hydrogens (tertiary/aromatic N) is 2. The van der Waals surface area contributed by atoms with Gasteiger partial charge in [-0.1, -0.05) is 0 Å². The van der Waals surface area contributed by atoms with Crippen LogP contribution in [0.4, 0.5) is 0 Å². The van der Waals surface area contributed by atoms with Gasteiger partial charge in [-0.3, -0.25) is 4.79 Å². The molecule has 4 rings (SSSR count). The van der Waals surface area contributed by atoms with Gasteiger partial charge in [-0.25, -0.2) is 0 Å². The van der Waals surface area contributed by atoms with Crippen LogP contribution in [0.15, 0.2) is 22.8 Å². The topological polar surface area (TPSA) is 45.9 Å². The second kappa shape index (κ2) is 6.05. The molecule has 3 fully saturated rings. The summed E-state index contributed by atoms with van der Waals surface area (Å²) in [5, 5.41) is 0. The zero-order chi connectivity index (χ0) is 14.9. The maximum absolute atomic E-state index is 12.4. The molecule has 1 amide bonds. The monoisotopic (exact) mass is 304 g/mol. The summed E-state index contributed by atoms with van der Waals surface area (Å²) in [4.78, 5) is 16.9. The molecule has 1 aromatic rings. The van der Waals surface area contributed by atoms with E-state index >= 15 is 0 Å². The summed E-state index contributed by atoms with van der Waals surface area (Å²) < 4.78 is 11.0. The SMILES string of the molecule is O=C(c1ccco1)N1C[C@H]2CN(C[C@H]3CCCO3)CC[C@H]2C1. The molecule has 3 atom stereocenters. The molecule has 120 valence electrons. The molecule has 5 heteroatoms. The highest BCUT2D eigenvalue weighted by molar-refractivity contribution is 5.91. The van der Waals surface area contributed by atoms with E-state index in [2.05, 4.69) is 4.90 Å². The molecule has 0 spiro atoms. The summed E-state index contributed by atoms with van der Waals surface area (Å²) >= 11 is 0. The lowest BCUT2D eigenvalue weighted by molar-refractivity contribution is 0.0506. The number of carbonyl (C=O) groups excluding carboxylic acids is 1. The van der Waals surface area contributed by atoms with Gasteiger partial charge in [-0.05, 0) is 49.8 Å². The van der Waals surface area contributed by atoms with E-state index < -0.39 is 0 Å². The van der Waals surface area contributed by atoms with E-state index in [1.54, 1.807) is 18.4 Å². The van der Waals surface area contributed by atoms with Crippen molar-refractivity contribution < 1.29 is 13.9 Å². The van der Waals surface area contributed by atoms with Crippen molar-refractivity contribution in [3.05, 3.63) is 24.2 Å². The van der Waals surface area contributed by atoms with Crippen molar-refractivity contribution >= 4 is 5.91 Å². The number of likely N-dealkylation sites (tertiary alicyclic amines) is 2. The van der Waals surface area contributed by atoms with Gasteiger partial charge in [-0.2, -0.15) is 0 Å². The minimum atomic E-state index is 0.0464. The Bertz CT molecular complexity index is 510. The third-order valence-electron chi connectivity index (χ3n) is 5.39. The van der Waals surface area contributed by atoms with E-state index in [4.69, 9.17) is 9.15 Å². The molecule has 3 aliphatic rings. The highest BCUT2D eigenvalue weighted by Crippen LogP contribution is 2.32. The van der Waals surface area contributed by atoms with Crippen LogP contribution in [0.5, 0.6) is 0 Å². The second-order valence-corrected chi connectivity index (χ2v) is 6.89. The molecule has 0 radical (unpaired) electrons. The lowest BCUT2D eigenvalue weighted by Gasteiger charge is -2.35. The van der Waals surface area contributed by atoms with E-state index in [1.807, 2.05) is 4.90 Å². The fourth-order valence-electron chi connectivity index (χ4n) is 4.21. The summed E-state index contributed by atoms with van der Waals surface area (Å²) in [7, 11) is 0. The number of carbonyl (C=O) groups is 1. The maximum atomic E-state index is 12.4. The maximum Gasteiger partial charge on any atom is 0.289 e. The van der Waals surface area contributed by atoms with Crippen LogP contribution in [0, 0.1) is 11.8 Å². The van der Waals surface area contributed by atoms with Gasteiger partial charge in [0.2, 0.25) is 0 Å². The summed E-state index contributed by atoms with van der Waals surface area (Å²) in [6.45, 7) is 5.99. The third kappa shape index (κ3) is 2.79. The van der Waals surface area contributed by atoms with E-state index in [0.717, 1.165) is 39.3 Å². The zero-order valence-corrected chi connectivity index (χ0v) is 12.9. The van der Waals surface area contributed by atoms with Crippen LogP contribution >= 0.6 is 0 Å². The van der Waals surface area contributed by atoms with Crippen molar-refractivity contribution in [3.63, 3.8) is 0 Å². The molecule has 3 saturated heterocycles. The van der Waals surface area contributed by atoms with E-state index in [1.165, 1.54) is 19.3 Å². The molecule has 4 heterocycles. The zero-order valence-electron chi connectivity index (χ0n) is 12.9. The van der Waals surface area contributed by atoms with Gasteiger partial charge >= 0.3 is 0 Å². The van der Waals surface area contributed by atoms with Crippen molar-refractivity contribution in [1.29, 1.82) is 0 Å². The first-order chi connectivity index (χ1) is 10.8. The average molecular weight is 304 g/mol. The van der Waals surface area contributed by atoms with E-state index in [-0.39, 0.29) is 5.91 Å². The summed E-state index contributed by atoms with van der Waals surface area (Å²) in [6, 6.07) is 3.54. The van der Waals surface area contributed by atoms with Gasteiger partial charge in [0.15, 0.2) is 5.76 Å². The van der Waals surface area contributed by atoms with Crippen LogP contribution in [0.2, 0.25) is 0 Å². The largest absolute Gasteiger partial charge is 0.459 e. The first kappa shape index (κ1) is 14.3. The van der Waals surface area contributed by atoms with Gasteiger partial charge in [-0.15, -0.1) is 0 Å².